The molecule has 7 nitrogen and oxygen atoms in total. The molecule has 2 unspecified atom stereocenters. The van der Waals surface area contributed by atoms with Crippen LogP contribution in [-0.2, 0) is 14.3 Å². The van der Waals surface area contributed by atoms with Crippen LogP contribution in [0.5, 0.6) is 0 Å². The first-order valence-electron chi connectivity index (χ1n) is 8.22. The summed E-state index contributed by atoms with van der Waals surface area (Å²) in [6.07, 6.45) is 2.41. The zero-order valence-electron chi connectivity index (χ0n) is 14.4. The van der Waals surface area contributed by atoms with E-state index < -0.39 is 11.6 Å². The Morgan fingerprint density at radius 2 is 1.91 bits per heavy atom. The van der Waals surface area contributed by atoms with Crippen molar-refractivity contribution in [1.82, 2.24) is 15.1 Å². The van der Waals surface area contributed by atoms with Gasteiger partial charge >= 0.3 is 6.09 Å². The molecule has 0 bridgehead atoms. The minimum absolute atomic E-state index is 0.135. The maximum absolute atomic E-state index is 12.1. The van der Waals surface area contributed by atoms with Gasteiger partial charge < -0.3 is 15.0 Å². The number of amides is 3. The van der Waals surface area contributed by atoms with E-state index >= 15 is 0 Å². The molecule has 0 aromatic carbocycles. The van der Waals surface area contributed by atoms with E-state index in [0.29, 0.717) is 13.1 Å². The fourth-order valence-electron chi connectivity index (χ4n) is 2.94. The Morgan fingerprint density at radius 1 is 1.22 bits per heavy atom. The molecule has 130 valence electrons. The van der Waals surface area contributed by atoms with Crippen LogP contribution >= 0.6 is 0 Å². The average Bonchev–Trinajstić information content (AvgIpc) is 2.64. The van der Waals surface area contributed by atoms with Crippen molar-refractivity contribution < 1.29 is 19.1 Å². The van der Waals surface area contributed by atoms with Crippen molar-refractivity contribution in [2.24, 2.45) is 0 Å². The summed E-state index contributed by atoms with van der Waals surface area (Å²) >= 11 is 0. The maximum atomic E-state index is 12.1. The largest absolute Gasteiger partial charge is 0.444 e. The zero-order chi connectivity index (χ0) is 17.2. The van der Waals surface area contributed by atoms with Gasteiger partial charge in [-0.25, -0.2) is 4.79 Å². The molecule has 23 heavy (non-hydrogen) atoms. The van der Waals surface area contributed by atoms with Gasteiger partial charge in [0, 0.05) is 26.2 Å². The SMILES string of the molecule is CN1C(=O)CC(NC2CCCN(C(=O)OC(C)(C)C)CC2)C1=O. The van der Waals surface area contributed by atoms with Crippen LogP contribution in [0.25, 0.3) is 0 Å². The van der Waals surface area contributed by atoms with Crippen LogP contribution < -0.4 is 5.32 Å². The number of nitrogens with one attached hydrogen (secondary N) is 1. The number of carbonyl (C=O) groups is 3. The van der Waals surface area contributed by atoms with Gasteiger partial charge in [-0.05, 0) is 40.0 Å². The summed E-state index contributed by atoms with van der Waals surface area (Å²) in [6.45, 7) is 6.81. The van der Waals surface area contributed by atoms with Crippen LogP contribution in [0.15, 0.2) is 0 Å². The number of likely N-dealkylation sites (tertiary alicyclic amines) is 2. The molecule has 2 heterocycles. The number of nitrogens with zero attached hydrogens (tertiary/aromatic N) is 2. The molecule has 7 heteroatoms. The number of hydrogen-bond acceptors (Lipinski definition) is 5. The summed E-state index contributed by atoms with van der Waals surface area (Å²) in [5.41, 5.74) is -0.498. The molecular formula is C16H27N3O4. The highest BCUT2D eigenvalue weighted by atomic mass is 16.6. The summed E-state index contributed by atoms with van der Waals surface area (Å²) in [4.78, 5) is 38.6. The third kappa shape index (κ3) is 4.67. The smallest absolute Gasteiger partial charge is 0.410 e. The summed E-state index contributed by atoms with van der Waals surface area (Å²) in [5, 5.41) is 3.29. The van der Waals surface area contributed by atoms with Gasteiger partial charge in [-0.15, -0.1) is 0 Å². The van der Waals surface area contributed by atoms with Crippen LogP contribution in [0.3, 0.4) is 0 Å². The van der Waals surface area contributed by atoms with Crippen LogP contribution in [0.1, 0.15) is 46.5 Å². The number of carbonyl (C=O) groups excluding carboxylic acids is 3. The number of likely N-dealkylation sites (N-methyl/N-ethyl adjacent to an activating group) is 1. The molecule has 2 aliphatic rings. The first kappa shape index (κ1) is 17.7. The highest BCUT2D eigenvalue weighted by Crippen LogP contribution is 2.18. The van der Waals surface area contributed by atoms with Gasteiger partial charge in [-0.1, -0.05) is 0 Å². The second kappa shape index (κ2) is 6.86. The van der Waals surface area contributed by atoms with Crippen molar-refractivity contribution in [1.29, 1.82) is 0 Å². The molecule has 1 N–H and O–H groups in total. The minimum Gasteiger partial charge on any atom is -0.444 e. The topological polar surface area (TPSA) is 79.0 Å². The van der Waals surface area contributed by atoms with Crippen molar-refractivity contribution in [2.45, 2.75) is 64.1 Å². The molecule has 0 saturated carbocycles. The van der Waals surface area contributed by atoms with Crippen molar-refractivity contribution in [3.05, 3.63) is 0 Å². The van der Waals surface area contributed by atoms with Gasteiger partial charge in [0.1, 0.15) is 5.60 Å². The van der Waals surface area contributed by atoms with Gasteiger partial charge in [0.15, 0.2) is 0 Å². The average molecular weight is 325 g/mol. The lowest BCUT2D eigenvalue weighted by Gasteiger charge is -2.26. The Hall–Kier alpha value is -1.63. The van der Waals surface area contributed by atoms with Gasteiger partial charge in [0.2, 0.25) is 11.8 Å². The molecule has 0 spiro atoms. The molecule has 2 saturated heterocycles. The standard InChI is InChI=1S/C16H27N3O4/c1-16(2,3)23-15(22)19-8-5-6-11(7-9-19)17-12-10-13(20)18(4)14(12)21/h11-12,17H,5-10H2,1-4H3. The zero-order valence-corrected chi connectivity index (χ0v) is 14.4. The highest BCUT2D eigenvalue weighted by molar-refractivity contribution is 6.05. The Labute approximate surface area is 137 Å². The first-order valence-corrected chi connectivity index (χ1v) is 8.22. The Kier molecular flexibility index (Phi) is 5.29. The predicted molar refractivity (Wildman–Crippen MR) is 84.8 cm³/mol. The molecule has 0 radical (unpaired) electrons. The van der Waals surface area contributed by atoms with Crippen molar-refractivity contribution in [3.8, 4) is 0 Å². The van der Waals surface area contributed by atoms with Gasteiger partial charge in [0.05, 0.1) is 12.5 Å². The van der Waals surface area contributed by atoms with E-state index in [1.807, 2.05) is 20.8 Å². The minimum atomic E-state index is -0.498. The Morgan fingerprint density at radius 3 is 2.48 bits per heavy atom. The van der Waals surface area contributed by atoms with E-state index in [1.165, 1.54) is 11.9 Å². The molecular weight excluding hydrogens is 298 g/mol. The van der Waals surface area contributed by atoms with Crippen LogP contribution in [-0.4, -0.2) is 65.5 Å². The lowest BCUT2D eigenvalue weighted by atomic mass is 10.1. The predicted octanol–water partition coefficient (Wildman–Crippen LogP) is 1.12. The normalized spacial score (nSPS) is 26.4. The van der Waals surface area contributed by atoms with E-state index in [4.69, 9.17) is 4.74 Å². The number of ether oxygens (including phenoxy) is 1. The van der Waals surface area contributed by atoms with E-state index in [2.05, 4.69) is 5.32 Å². The number of imide groups is 1. The molecule has 2 atom stereocenters. The third-order valence-corrected chi connectivity index (χ3v) is 4.20. The monoisotopic (exact) mass is 325 g/mol. The van der Waals surface area contributed by atoms with Crippen LogP contribution in [0.4, 0.5) is 4.79 Å². The molecule has 0 aromatic rings. The molecule has 3 amide bonds. The lowest BCUT2D eigenvalue weighted by Crippen LogP contribution is -2.43. The summed E-state index contributed by atoms with van der Waals surface area (Å²) in [6, 6.07) is -0.290. The van der Waals surface area contributed by atoms with E-state index in [-0.39, 0.29) is 30.4 Å². The Balaban J connectivity index is 1.86. The van der Waals surface area contributed by atoms with E-state index in [9.17, 15) is 14.4 Å². The van der Waals surface area contributed by atoms with Gasteiger partial charge in [-0.2, -0.15) is 0 Å². The first-order chi connectivity index (χ1) is 10.7. The number of hydrogen-bond donors (Lipinski definition) is 1. The van der Waals surface area contributed by atoms with E-state index in [1.54, 1.807) is 4.90 Å². The fourth-order valence-corrected chi connectivity index (χ4v) is 2.94. The quantitative estimate of drug-likeness (QED) is 0.770. The molecule has 2 rings (SSSR count). The van der Waals surface area contributed by atoms with Gasteiger partial charge in [0.25, 0.3) is 0 Å². The second-order valence-electron chi connectivity index (χ2n) is 7.31. The lowest BCUT2D eigenvalue weighted by molar-refractivity contribution is -0.137. The van der Waals surface area contributed by atoms with Crippen molar-refractivity contribution >= 4 is 17.9 Å². The van der Waals surface area contributed by atoms with Gasteiger partial charge in [-0.3, -0.25) is 14.5 Å². The fraction of sp³-hybridized carbons (Fsp3) is 0.812. The number of rotatable bonds is 2. The summed E-state index contributed by atoms with van der Waals surface area (Å²) in [5.74, 6) is -0.306. The molecule has 2 aliphatic heterocycles. The molecule has 2 fully saturated rings. The molecule has 0 aromatic heterocycles. The summed E-state index contributed by atoms with van der Waals surface area (Å²) < 4.78 is 5.41. The highest BCUT2D eigenvalue weighted by Gasteiger charge is 2.37. The molecule has 0 aliphatic carbocycles. The van der Waals surface area contributed by atoms with Crippen LogP contribution in [0, 0.1) is 0 Å². The van der Waals surface area contributed by atoms with E-state index in [0.717, 1.165) is 19.3 Å². The summed E-state index contributed by atoms with van der Waals surface area (Å²) in [7, 11) is 1.52. The van der Waals surface area contributed by atoms with Crippen molar-refractivity contribution in [3.63, 3.8) is 0 Å². The van der Waals surface area contributed by atoms with Crippen molar-refractivity contribution in [2.75, 3.05) is 20.1 Å². The Bertz CT molecular complexity index is 486. The van der Waals surface area contributed by atoms with Crippen LogP contribution in [0.2, 0.25) is 0 Å². The third-order valence-electron chi connectivity index (χ3n) is 4.20. The maximum Gasteiger partial charge on any atom is 0.410 e. The second-order valence-corrected chi connectivity index (χ2v) is 7.31.